The number of amides is 1. The molecule has 0 aliphatic carbocycles. The van der Waals surface area contributed by atoms with Crippen molar-refractivity contribution in [2.24, 2.45) is 0 Å². The Morgan fingerprint density at radius 3 is 2.88 bits per heavy atom. The van der Waals surface area contributed by atoms with Crippen LogP contribution in [0.15, 0.2) is 36.4 Å². The number of halogens is 2. The molecular formula is C21H23ClFNO2. The summed E-state index contributed by atoms with van der Waals surface area (Å²) >= 11 is 5.94. The van der Waals surface area contributed by atoms with Crippen LogP contribution in [-0.4, -0.2) is 18.6 Å². The summed E-state index contributed by atoms with van der Waals surface area (Å²) in [4.78, 5) is 14.5. The quantitative estimate of drug-likeness (QED) is 0.662. The maximum absolute atomic E-state index is 13.5. The molecule has 1 atom stereocenters. The number of anilines is 1. The maximum Gasteiger partial charge on any atom is 0.227 e. The molecule has 0 saturated heterocycles. The van der Waals surface area contributed by atoms with Gasteiger partial charge in [-0.1, -0.05) is 11.6 Å². The van der Waals surface area contributed by atoms with Crippen molar-refractivity contribution in [1.29, 1.82) is 0 Å². The number of hydrogen-bond donors (Lipinski definition) is 0. The molecule has 1 aliphatic rings. The number of rotatable bonds is 5. The van der Waals surface area contributed by atoms with Crippen LogP contribution in [0.1, 0.15) is 37.3 Å². The van der Waals surface area contributed by atoms with Gasteiger partial charge in [-0.15, -0.1) is 0 Å². The lowest BCUT2D eigenvalue weighted by Crippen LogP contribution is -2.42. The van der Waals surface area contributed by atoms with Crippen molar-refractivity contribution < 1.29 is 13.9 Å². The molecule has 26 heavy (non-hydrogen) atoms. The van der Waals surface area contributed by atoms with Crippen LogP contribution in [0.2, 0.25) is 5.02 Å². The number of benzene rings is 2. The molecule has 2 aromatic rings. The van der Waals surface area contributed by atoms with Crippen LogP contribution in [0, 0.1) is 12.7 Å². The van der Waals surface area contributed by atoms with Gasteiger partial charge in [-0.05, 0) is 80.6 Å². The Labute approximate surface area is 158 Å². The summed E-state index contributed by atoms with van der Waals surface area (Å²) in [5, 5.41) is 0.680. The van der Waals surface area contributed by atoms with E-state index >= 15 is 0 Å². The van der Waals surface area contributed by atoms with E-state index in [0.29, 0.717) is 24.5 Å². The smallest absolute Gasteiger partial charge is 0.227 e. The van der Waals surface area contributed by atoms with Gasteiger partial charge in [-0.2, -0.15) is 0 Å². The first-order chi connectivity index (χ1) is 12.5. The van der Waals surface area contributed by atoms with Crippen molar-refractivity contribution >= 4 is 23.2 Å². The van der Waals surface area contributed by atoms with E-state index in [1.54, 1.807) is 12.1 Å². The second kappa shape index (κ2) is 8.09. The highest BCUT2D eigenvalue weighted by Crippen LogP contribution is 2.32. The average molecular weight is 376 g/mol. The number of fused-ring (bicyclic) bond motifs is 1. The number of carbonyl (C=O) groups is 1. The van der Waals surface area contributed by atoms with Crippen LogP contribution in [0.4, 0.5) is 10.1 Å². The highest BCUT2D eigenvalue weighted by molar-refractivity contribution is 6.30. The summed E-state index contributed by atoms with van der Waals surface area (Å²) in [6.45, 7) is 4.45. The summed E-state index contributed by atoms with van der Waals surface area (Å²) in [6, 6.07) is 10.3. The van der Waals surface area contributed by atoms with Crippen molar-refractivity contribution in [3.05, 3.63) is 58.4 Å². The topological polar surface area (TPSA) is 29.5 Å². The molecular weight excluding hydrogens is 353 g/mol. The van der Waals surface area contributed by atoms with Crippen LogP contribution < -0.4 is 9.64 Å². The molecule has 1 heterocycles. The molecule has 1 amide bonds. The van der Waals surface area contributed by atoms with Gasteiger partial charge in [0.15, 0.2) is 0 Å². The number of nitrogens with zero attached hydrogens (tertiary/aromatic N) is 1. The minimum absolute atomic E-state index is 0.0569. The summed E-state index contributed by atoms with van der Waals surface area (Å²) in [5.74, 6) is 0.591. The molecule has 138 valence electrons. The van der Waals surface area contributed by atoms with Gasteiger partial charge in [0.2, 0.25) is 5.91 Å². The predicted octanol–water partition coefficient (Wildman–Crippen LogP) is 5.31. The second-order valence-electron chi connectivity index (χ2n) is 6.79. The van der Waals surface area contributed by atoms with Crippen molar-refractivity contribution in [3.63, 3.8) is 0 Å². The Morgan fingerprint density at radius 1 is 1.31 bits per heavy atom. The lowest BCUT2D eigenvalue weighted by atomic mass is 9.96. The van der Waals surface area contributed by atoms with Gasteiger partial charge in [0.05, 0.1) is 6.61 Å². The summed E-state index contributed by atoms with van der Waals surface area (Å²) in [7, 11) is 0. The third-order valence-corrected chi connectivity index (χ3v) is 5.01. The standard InChI is InChI=1S/C21H23ClFNO2/c1-14-12-17(22)7-10-20(14)26-11-3-4-21(25)24-15(2)5-6-16-13-18(23)8-9-19(16)24/h7-10,12-13,15H,3-6,11H2,1-2H3/t15-/m0/s1. The molecule has 5 heteroatoms. The fourth-order valence-electron chi connectivity index (χ4n) is 3.40. The van der Waals surface area contributed by atoms with Crippen molar-refractivity contribution in [1.82, 2.24) is 0 Å². The number of carbonyl (C=O) groups excluding carboxylic acids is 1. The Morgan fingerprint density at radius 2 is 2.12 bits per heavy atom. The molecule has 3 nitrogen and oxygen atoms in total. The molecule has 0 saturated carbocycles. The Hall–Kier alpha value is -2.07. The van der Waals surface area contributed by atoms with Crippen molar-refractivity contribution in [3.8, 4) is 5.75 Å². The third kappa shape index (κ3) is 4.18. The van der Waals surface area contributed by atoms with E-state index in [9.17, 15) is 9.18 Å². The monoisotopic (exact) mass is 375 g/mol. The normalized spacial score (nSPS) is 16.3. The second-order valence-corrected chi connectivity index (χ2v) is 7.22. The average Bonchev–Trinajstić information content (AvgIpc) is 2.60. The fourth-order valence-corrected chi connectivity index (χ4v) is 3.63. The molecule has 0 spiro atoms. The van der Waals surface area contributed by atoms with Gasteiger partial charge < -0.3 is 9.64 Å². The first-order valence-electron chi connectivity index (χ1n) is 8.95. The van der Waals surface area contributed by atoms with Crippen LogP contribution >= 0.6 is 11.6 Å². The van der Waals surface area contributed by atoms with Crippen LogP contribution in [-0.2, 0) is 11.2 Å². The zero-order valence-electron chi connectivity index (χ0n) is 15.1. The van der Waals surface area contributed by atoms with E-state index in [2.05, 4.69) is 0 Å². The summed E-state index contributed by atoms with van der Waals surface area (Å²) in [5.41, 5.74) is 2.72. The number of aryl methyl sites for hydroxylation is 2. The predicted molar refractivity (Wildman–Crippen MR) is 103 cm³/mol. The van der Waals surface area contributed by atoms with Gasteiger partial charge in [-0.25, -0.2) is 4.39 Å². The zero-order valence-corrected chi connectivity index (χ0v) is 15.9. The van der Waals surface area contributed by atoms with E-state index in [1.165, 1.54) is 12.1 Å². The van der Waals surface area contributed by atoms with Crippen molar-refractivity contribution in [2.75, 3.05) is 11.5 Å². The summed E-state index contributed by atoms with van der Waals surface area (Å²) in [6.07, 6.45) is 2.67. The third-order valence-electron chi connectivity index (χ3n) is 4.77. The van der Waals surface area contributed by atoms with E-state index in [0.717, 1.165) is 35.4 Å². The molecule has 0 fully saturated rings. The van der Waals surface area contributed by atoms with E-state index < -0.39 is 0 Å². The maximum atomic E-state index is 13.5. The van der Waals surface area contributed by atoms with Gasteiger partial charge in [0, 0.05) is 23.2 Å². The lowest BCUT2D eigenvalue weighted by Gasteiger charge is -2.35. The molecule has 0 radical (unpaired) electrons. The number of hydrogen-bond acceptors (Lipinski definition) is 2. The Bertz CT molecular complexity index is 809. The Balaban J connectivity index is 1.58. The Kier molecular flexibility index (Phi) is 5.82. The van der Waals surface area contributed by atoms with Gasteiger partial charge in [-0.3, -0.25) is 4.79 Å². The molecule has 3 rings (SSSR count). The fraction of sp³-hybridized carbons (Fsp3) is 0.381. The SMILES string of the molecule is Cc1cc(Cl)ccc1OCCCC(=O)N1c2ccc(F)cc2CC[C@@H]1C. The van der Waals surface area contributed by atoms with Gasteiger partial charge in [0.25, 0.3) is 0 Å². The molecule has 1 aliphatic heterocycles. The number of ether oxygens (including phenoxy) is 1. The first-order valence-corrected chi connectivity index (χ1v) is 9.33. The minimum atomic E-state index is -0.252. The van der Waals surface area contributed by atoms with Crippen molar-refractivity contribution in [2.45, 2.75) is 45.6 Å². The van der Waals surface area contributed by atoms with E-state index in [4.69, 9.17) is 16.3 Å². The minimum Gasteiger partial charge on any atom is -0.493 e. The molecule has 0 bridgehead atoms. The first kappa shape index (κ1) is 18.7. The lowest BCUT2D eigenvalue weighted by molar-refractivity contribution is -0.119. The highest BCUT2D eigenvalue weighted by atomic mass is 35.5. The molecule has 2 aromatic carbocycles. The summed E-state index contributed by atoms with van der Waals surface area (Å²) < 4.78 is 19.2. The van der Waals surface area contributed by atoms with E-state index in [1.807, 2.05) is 30.9 Å². The van der Waals surface area contributed by atoms with Gasteiger partial charge in [0.1, 0.15) is 11.6 Å². The molecule has 0 unspecified atom stereocenters. The largest absolute Gasteiger partial charge is 0.493 e. The highest BCUT2D eigenvalue weighted by Gasteiger charge is 2.28. The zero-order chi connectivity index (χ0) is 18.7. The molecule has 0 N–H and O–H groups in total. The van der Waals surface area contributed by atoms with Crippen LogP contribution in [0.5, 0.6) is 5.75 Å². The molecule has 0 aromatic heterocycles. The van der Waals surface area contributed by atoms with Crippen LogP contribution in [0.3, 0.4) is 0 Å². The van der Waals surface area contributed by atoms with E-state index in [-0.39, 0.29) is 17.8 Å². The van der Waals surface area contributed by atoms with Crippen LogP contribution in [0.25, 0.3) is 0 Å². The van der Waals surface area contributed by atoms with Gasteiger partial charge >= 0.3 is 0 Å².